The van der Waals surface area contributed by atoms with Crippen molar-refractivity contribution in [2.45, 2.75) is 19.9 Å². The van der Waals surface area contributed by atoms with Gasteiger partial charge in [0.25, 0.3) is 0 Å². The molecule has 31 heavy (non-hydrogen) atoms. The Hall–Kier alpha value is -4.07. The van der Waals surface area contributed by atoms with Gasteiger partial charge in [0.2, 0.25) is 5.95 Å². The number of nitrogens with two attached hydrogens (primary N) is 1. The molecule has 5 aromatic rings. The van der Waals surface area contributed by atoms with E-state index >= 15 is 0 Å². The van der Waals surface area contributed by atoms with E-state index in [0.29, 0.717) is 6.54 Å². The van der Waals surface area contributed by atoms with Crippen LogP contribution in [0.15, 0.2) is 61.2 Å². The van der Waals surface area contributed by atoms with Crippen molar-refractivity contribution in [3.05, 3.63) is 78.3 Å². The third-order valence-corrected chi connectivity index (χ3v) is 5.17. The maximum Gasteiger partial charge on any atom is 0.220 e. The lowest BCUT2D eigenvalue weighted by Crippen LogP contribution is -2.00. The molecular formula is C23H20FN7. The van der Waals surface area contributed by atoms with Crippen molar-refractivity contribution in [2.75, 3.05) is 5.73 Å². The summed E-state index contributed by atoms with van der Waals surface area (Å²) in [6.45, 7) is 2.52. The molecule has 0 spiro atoms. The second-order valence-electron chi connectivity index (χ2n) is 7.34. The average molecular weight is 413 g/mol. The first kappa shape index (κ1) is 18.9. The van der Waals surface area contributed by atoms with E-state index in [-0.39, 0.29) is 11.8 Å². The summed E-state index contributed by atoms with van der Waals surface area (Å²) < 4.78 is 15.2. The summed E-state index contributed by atoms with van der Waals surface area (Å²) in [7, 11) is 0. The van der Waals surface area contributed by atoms with E-state index in [9.17, 15) is 4.39 Å². The third kappa shape index (κ3) is 3.75. The Morgan fingerprint density at radius 3 is 2.84 bits per heavy atom. The molecule has 0 radical (unpaired) electrons. The number of nitrogen functional groups attached to an aromatic ring is 1. The SMILES string of the molecule is CCc1cc(-c2c[nH]c3ncc(-c4cnn(Cc5cccc(F)c5)c4)cc23)nc(N)n1. The lowest BCUT2D eigenvalue weighted by Gasteiger charge is -2.04. The molecule has 7 nitrogen and oxygen atoms in total. The van der Waals surface area contributed by atoms with Crippen molar-refractivity contribution in [3.63, 3.8) is 0 Å². The van der Waals surface area contributed by atoms with E-state index in [4.69, 9.17) is 5.73 Å². The molecular weight excluding hydrogens is 393 g/mol. The summed E-state index contributed by atoms with van der Waals surface area (Å²) in [6.07, 6.45) is 8.17. The van der Waals surface area contributed by atoms with Gasteiger partial charge in [0, 0.05) is 46.4 Å². The second kappa shape index (κ2) is 7.64. The summed E-state index contributed by atoms with van der Waals surface area (Å²) in [5, 5.41) is 5.36. The van der Waals surface area contributed by atoms with E-state index in [2.05, 4.69) is 31.1 Å². The number of aromatic amines is 1. The predicted octanol–water partition coefficient (Wildman–Crippen LogP) is 4.22. The number of anilines is 1. The topological polar surface area (TPSA) is 98.3 Å². The summed E-state index contributed by atoms with van der Waals surface area (Å²) in [6, 6.07) is 10.5. The van der Waals surface area contributed by atoms with E-state index in [1.807, 2.05) is 31.5 Å². The molecule has 0 bridgehead atoms. The summed E-state index contributed by atoms with van der Waals surface area (Å²) in [4.78, 5) is 16.4. The van der Waals surface area contributed by atoms with Crippen molar-refractivity contribution in [3.8, 4) is 22.4 Å². The first-order valence-corrected chi connectivity index (χ1v) is 9.97. The molecule has 4 heterocycles. The highest BCUT2D eigenvalue weighted by molar-refractivity contribution is 5.95. The molecule has 1 aromatic carbocycles. The Bertz CT molecular complexity index is 1390. The number of fused-ring (bicyclic) bond motifs is 1. The van der Waals surface area contributed by atoms with Crippen molar-refractivity contribution in [1.29, 1.82) is 0 Å². The third-order valence-electron chi connectivity index (χ3n) is 5.17. The minimum absolute atomic E-state index is 0.254. The molecule has 8 heteroatoms. The molecule has 0 atom stereocenters. The molecule has 0 fully saturated rings. The van der Waals surface area contributed by atoms with Crippen molar-refractivity contribution < 1.29 is 4.39 Å². The number of halogens is 1. The largest absolute Gasteiger partial charge is 0.368 e. The van der Waals surface area contributed by atoms with Gasteiger partial charge in [-0.1, -0.05) is 19.1 Å². The molecule has 3 N–H and O–H groups in total. The number of hydrogen-bond acceptors (Lipinski definition) is 5. The highest BCUT2D eigenvalue weighted by atomic mass is 19.1. The predicted molar refractivity (Wildman–Crippen MR) is 118 cm³/mol. The monoisotopic (exact) mass is 413 g/mol. The van der Waals surface area contributed by atoms with Crippen molar-refractivity contribution in [1.82, 2.24) is 29.7 Å². The Morgan fingerprint density at radius 1 is 1.10 bits per heavy atom. The molecule has 0 aliphatic heterocycles. The Labute approximate surface area is 177 Å². The quantitative estimate of drug-likeness (QED) is 0.450. The molecule has 0 amide bonds. The van der Waals surface area contributed by atoms with Crippen LogP contribution in [-0.4, -0.2) is 29.7 Å². The Balaban J connectivity index is 1.50. The summed E-state index contributed by atoms with van der Waals surface area (Å²) >= 11 is 0. The maximum atomic E-state index is 13.5. The van der Waals surface area contributed by atoms with Gasteiger partial charge in [0.1, 0.15) is 11.5 Å². The molecule has 0 saturated carbocycles. The standard InChI is InChI=1S/C23H20FN7/c1-2-18-8-21(30-23(25)29-18)20-11-27-22-19(20)7-15(9-26-22)16-10-28-31(13-16)12-14-4-3-5-17(24)6-14/h3-11,13H,2,12H2,1H3,(H,26,27)(H2,25,29,30). The van der Waals surface area contributed by atoms with Crippen molar-refractivity contribution in [2.24, 2.45) is 0 Å². The molecule has 0 aliphatic carbocycles. The van der Waals surface area contributed by atoms with Gasteiger partial charge >= 0.3 is 0 Å². The van der Waals surface area contributed by atoms with Gasteiger partial charge in [0.05, 0.1) is 18.4 Å². The van der Waals surface area contributed by atoms with Gasteiger partial charge in [-0.2, -0.15) is 5.10 Å². The molecule has 4 aromatic heterocycles. The van der Waals surface area contributed by atoms with E-state index in [1.54, 1.807) is 23.1 Å². The number of hydrogen-bond donors (Lipinski definition) is 2. The normalized spacial score (nSPS) is 11.3. The van der Waals surface area contributed by atoms with Gasteiger partial charge in [0.15, 0.2) is 0 Å². The fraction of sp³-hybridized carbons (Fsp3) is 0.130. The lowest BCUT2D eigenvalue weighted by atomic mass is 10.1. The van der Waals surface area contributed by atoms with Crippen LogP contribution in [0.5, 0.6) is 0 Å². The molecule has 0 unspecified atom stereocenters. The highest BCUT2D eigenvalue weighted by Crippen LogP contribution is 2.30. The lowest BCUT2D eigenvalue weighted by molar-refractivity contribution is 0.619. The first-order chi connectivity index (χ1) is 15.1. The van der Waals surface area contributed by atoms with Crippen LogP contribution >= 0.6 is 0 Å². The number of aryl methyl sites for hydroxylation is 1. The summed E-state index contributed by atoms with van der Waals surface area (Å²) in [5.74, 6) is 0.00236. The second-order valence-corrected chi connectivity index (χ2v) is 7.34. The Morgan fingerprint density at radius 2 is 2.00 bits per heavy atom. The van der Waals surface area contributed by atoms with Crippen LogP contribution in [0.2, 0.25) is 0 Å². The number of aromatic nitrogens is 6. The fourth-order valence-corrected chi connectivity index (χ4v) is 3.63. The van der Waals surface area contributed by atoms with Gasteiger partial charge in [-0.15, -0.1) is 0 Å². The number of benzene rings is 1. The van der Waals surface area contributed by atoms with Gasteiger partial charge in [-0.25, -0.2) is 19.3 Å². The molecule has 0 saturated heterocycles. The summed E-state index contributed by atoms with van der Waals surface area (Å²) in [5.41, 5.74) is 11.9. The van der Waals surface area contributed by atoms with Gasteiger partial charge in [-0.3, -0.25) is 4.68 Å². The van der Waals surface area contributed by atoms with Crippen LogP contribution < -0.4 is 5.73 Å². The van der Waals surface area contributed by atoms with Crippen LogP contribution in [0, 0.1) is 5.82 Å². The van der Waals surface area contributed by atoms with Crippen LogP contribution in [-0.2, 0) is 13.0 Å². The molecule has 154 valence electrons. The zero-order chi connectivity index (χ0) is 21.4. The fourth-order valence-electron chi connectivity index (χ4n) is 3.63. The number of H-pyrrole nitrogens is 1. The first-order valence-electron chi connectivity index (χ1n) is 9.97. The number of pyridine rings is 1. The van der Waals surface area contributed by atoms with Crippen LogP contribution in [0.4, 0.5) is 10.3 Å². The van der Waals surface area contributed by atoms with Crippen LogP contribution in [0.3, 0.4) is 0 Å². The number of rotatable bonds is 5. The van der Waals surface area contributed by atoms with E-state index < -0.39 is 0 Å². The number of nitrogens with one attached hydrogen (secondary N) is 1. The average Bonchev–Trinajstić information content (AvgIpc) is 3.40. The van der Waals surface area contributed by atoms with Gasteiger partial charge in [-0.05, 0) is 36.2 Å². The van der Waals surface area contributed by atoms with Crippen molar-refractivity contribution >= 4 is 17.0 Å². The van der Waals surface area contributed by atoms with Gasteiger partial charge < -0.3 is 10.7 Å². The smallest absolute Gasteiger partial charge is 0.220 e. The van der Waals surface area contributed by atoms with E-state index in [0.717, 1.165) is 51.1 Å². The Kier molecular flexibility index (Phi) is 4.66. The molecule has 5 rings (SSSR count). The minimum atomic E-state index is -0.254. The van der Waals surface area contributed by atoms with Crippen LogP contribution in [0.1, 0.15) is 18.2 Å². The minimum Gasteiger partial charge on any atom is -0.368 e. The number of nitrogens with zero attached hydrogens (tertiary/aromatic N) is 5. The molecule has 0 aliphatic rings. The zero-order valence-electron chi connectivity index (χ0n) is 16.9. The maximum absolute atomic E-state index is 13.5. The highest BCUT2D eigenvalue weighted by Gasteiger charge is 2.13. The van der Waals surface area contributed by atoms with Crippen LogP contribution in [0.25, 0.3) is 33.4 Å². The zero-order valence-corrected chi connectivity index (χ0v) is 16.9. The van der Waals surface area contributed by atoms with E-state index in [1.165, 1.54) is 12.1 Å².